The van der Waals surface area contributed by atoms with Crippen LogP contribution >= 0.6 is 0 Å². The number of carbonyl (C=O) groups excluding carboxylic acids is 1. The Bertz CT molecular complexity index is 1610. The number of rotatable bonds is 13. The van der Waals surface area contributed by atoms with Crippen molar-refractivity contribution in [3.63, 3.8) is 0 Å². The largest absolute Gasteiger partial charge is 0.504 e. The van der Waals surface area contributed by atoms with Gasteiger partial charge in [-0.1, -0.05) is 12.1 Å². The van der Waals surface area contributed by atoms with Gasteiger partial charge < -0.3 is 94.4 Å². The second-order valence-electron chi connectivity index (χ2n) is 13.3. The molecule has 3 saturated heterocycles. The van der Waals surface area contributed by atoms with E-state index in [-0.39, 0.29) is 24.3 Å². The van der Waals surface area contributed by atoms with E-state index in [1.165, 1.54) is 43.3 Å². The third-order valence-electron chi connectivity index (χ3n) is 9.36. The lowest BCUT2D eigenvalue weighted by Crippen LogP contribution is -2.66. The molecule has 0 bridgehead atoms. The summed E-state index contributed by atoms with van der Waals surface area (Å²) in [6, 6.07) is 7.73. The van der Waals surface area contributed by atoms with Crippen LogP contribution in [-0.4, -0.2) is 179 Å². The van der Waals surface area contributed by atoms with Gasteiger partial charge in [0.15, 0.2) is 48.0 Å². The van der Waals surface area contributed by atoms with E-state index in [0.717, 1.165) is 12.1 Å². The first kappa shape index (κ1) is 42.4. The van der Waals surface area contributed by atoms with Gasteiger partial charge in [-0.25, -0.2) is 4.79 Å². The second kappa shape index (κ2) is 18.5. The maximum atomic E-state index is 13.3. The van der Waals surface area contributed by atoms with E-state index >= 15 is 0 Å². The van der Waals surface area contributed by atoms with Gasteiger partial charge in [0.05, 0.1) is 25.9 Å². The fraction of sp³-hybridized carbons (Fsp3) is 0.571. The second-order valence-corrected chi connectivity index (χ2v) is 13.3. The summed E-state index contributed by atoms with van der Waals surface area (Å²) in [5.41, 5.74) is 0.767. The van der Waals surface area contributed by atoms with E-state index in [1.807, 2.05) is 0 Å². The van der Waals surface area contributed by atoms with Crippen LogP contribution in [0.2, 0.25) is 0 Å². The first-order valence-electron chi connectivity index (χ1n) is 17.2. The molecule has 3 aliphatic heterocycles. The monoisotopic (exact) mass is 786 g/mol. The first-order valence-corrected chi connectivity index (χ1v) is 17.2. The van der Waals surface area contributed by atoms with Crippen LogP contribution in [0, 0.1) is 0 Å². The molecule has 5 rings (SSSR count). The summed E-state index contributed by atoms with van der Waals surface area (Å²) < 4.78 is 40.2. The lowest BCUT2D eigenvalue weighted by molar-refractivity contribution is -0.365. The molecule has 2 aromatic rings. The molecule has 0 radical (unpaired) electrons. The standard InChI is InChI=1S/C35H46O20/c1-14-24(42)26(44)28(46)33(51-14)50-13-22-31(54-23(41)7-4-15-2-5-17(37)19(39)10-15)32(55-35-29(47)27(45)25(43)21(12-36)52-35)30(48)34(53-22)49-9-8-16-3-6-18(38)20(40)11-16/h2-7,10-11,14,21-22,24-40,42-48H,8-9,12-13H2,1H3/t14-,21+,22+,24+,25+,26+,27+,28+,29+,30+,31+,32-,33-,34+,35+/m0/s1. The van der Waals surface area contributed by atoms with Crippen LogP contribution in [0.1, 0.15) is 18.1 Å². The third-order valence-corrected chi connectivity index (χ3v) is 9.36. The minimum absolute atomic E-state index is 0.107. The van der Waals surface area contributed by atoms with Crippen LogP contribution in [0.5, 0.6) is 23.0 Å². The molecule has 3 aliphatic rings. The zero-order chi connectivity index (χ0) is 40.1. The number of ether oxygens (including phenoxy) is 7. The Morgan fingerprint density at radius 2 is 1.29 bits per heavy atom. The molecule has 0 amide bonds. The van der Waals surface area contributed by atoms with Crippen molar-refractivity contribution in [1.82, 2.24) is 0 Å². The highest BCUT2D eigenvalue weighted by Gasteiger charge is 2.53. The Morgan fingerprint density at radius 1 is 0.673 bits per heavy atom. The Morgan fingerprint density at radius 3 is 1.96 bits per heavy atom. The Hall–Kier alpha value is -3.71. The number of aliphatic hydroxyl groups excluding tert-OH is 8. The van der Waals surface area contributed by atoms with Gasteiger partial charge in [-0.05, 0) is 54.8 Å². The molecule has 0 aliphatic carbocycles. The van der Waals surface area contributed by atoms with E-state index in [2.05, 4.69) is 0 Å². The SMILES string of the molecule is C[C@@H]1O[C@H](OC[C@H]2O[C@@H](OCCc3ccc(O)c(O)c3)[C@H](O)[C@H](O[C@H]3O[C@H](CO)[C@@H](O)[C@@H](O)[C@H]3O)[C@@H]2OC(=O)C=Cc2ccc(O)c(O)c2)[C@H](O)[C@H](O)[C@@H]1O. The molecule has 20 heteroatoms. The number of phenols is 4. The number of aliphatic hydroxyl groups is 8. The number of carbonyl (C=O) groups is 1. The minimum atomic E-state index is -1.97. The Labute approximate surface area is 313 Å². The van der Waals surface area contributed by atoms with Crippen molar-refractivity contribution in [2.75, 3.05) is 19.8 Å². The molecule has 0 unspecified atom stereocenters. The predicted molar refractivity (Wildman–Crippen MR) is 180 cm³/mol. The maximum absolute atomic E-state index is 13.3. The number of aromatic hydroxyl groups is 4. The zero-order valence-electron chi connectivity index (χ0n) is 29.2. The van der Waals surface area contributed by atoms with E-state index in [1.54, 1.807) is 0 Å². The highest BCUT2D eigenvalue weighted by atomic mass is 16.8. The van der Waals surface area contributed by atoms with Crippen molar-refractivity contribution in [1.29, 1.82) is 0 Å². The van der Waals surface area contributed by atoms with Crippen molar-refractivity contribution in [3.05, 3.63) is 53.6 Å². The van der Waals surface area contributed by atoms with E-state index < -0.39 is 129 Å². The summed E-state index contributed by atoms with van der Waals surface area (Å²) in [6.07, 6.45) is -22.7. The normalized spacial score (nSPS) is 36.9. The average molecular weight is 787 g/mol. The number of phenolic OH excluding ortho intramolecular Hbond substituents is 4. The Kier molecular flexibility index (Phi) is 14.3. The van der Waals surface area contributed by atoms with Gasteiger partial charge in [0.2, 0.25) is 0 Å². The van der Waals surface area contributed by atoms with Gasteiger partial charge in [-0.15, -0.1) is 0 Å². The average Bonchev–Trinajstić information content (AvgIpc) is 3.16. The lowest BCUT2D eigenvalue weighted by Gasteiger charge is -2.47. The highest BCUT2D eigenvalue weighted by Crippen LogP contribution is 2.33. The minimum Gasteiger partial charge on any atom is -0.504 e. The number of hydrogen-bond acceptors (Lipinski definition) is 20. The quantitative estimate of drug-likeness (QED) is 0.0541. The van der Waals surface area contributed by atoms with Crippen molar-refractivity contribution < 1.29 is 99.2 Å². The first-order chi connectivity index (χ1) is 26.1. The molecule has 306 valence electrons. The van der Waals surface area contributed by atoms with Crippen LogP contribution in [0.25, 0.3) is 6.08 Å². The van der Waals surface area contributed by atoms with Gasteiger partial charge in [-0.3, -0.25) is 0 Å². The smallest absolute Gasteiger partial charge is 0.331 e. The fourth-order valence-electron chi connectivity index (χ4n) is 6.14. The van der Waals surface area contributed by atoms with Crippen LogP contribution in [0.3, 0.4) is 0 Å². The maximum Gasteiger partial charge on any atom is 0.331 e. The van der Waals surface area contributed by atoms with E-state index in [0.29, 0.717) is 5.56 Å². The van der Waals surface area contributed by atoms with Gasteiger partial charge in [0, 0.05) is 6.08 Å². The molecule has 55 heavy (non-hydrogen) atoms. The molecule has 12 N–H and O–H groups in total. The van der Waals surface area contributed by atoms with Crippen molar-refractivity contribution in [3.8, 4) is 23.0 Å². The van der Waals surface area contributed by atoms with Gasteiger partial charge in [-0.2, -0.15) is 0 Å². The van der Waals surface area contributed by atoms with Crippen LogP contribution in [0.4, 0.5) is 0 Å². The molecule has 15 atom stereocenters. The third kappa shape index (κ3) is 10.0. The molecule has 2 aromatic carbocycles. The molecular weight excluding hydrogens is 740 g/mol. The highest BCUT2D eigenvalue weighted by molar-refractivity contribution is 5.87. The van der Waals surface area contributed by atoms with Crippen molar-refractivity contribution in [2.24, 2.45) is 0 Å². The van der Waals surface area contributed by atoms with Crippen molar-refractivity contribution in [2.45, 2.75) is 105 Å². The van der Waals surface area contributed by atoms with Gasteiger partial charge >= 0.3 is 5.97 Å². The van der Waals surface area contributed by atoms with Crippen LogP contribution in [0.15, 0.2) is 42.5 Å². The van der Waals surface area contributed by atoms with Gasteiger partial charge in [0.25, 0.3) is 0 Å². The number of esters is 1. The molecule has 3 fully saturated rings. The number of hydrogen-bond donors (Lipinski definition) is 12. The zero-order valence-corrected chi connectivity index (χ0v) is 29.2. The molecule has 0 aromatic heterocycles. The lowest BCUT2D eigenvalue weighted by atomic mass is 9.96. The molecular formula is C35H46O20. The molecule has 0 spiro atoms. The predicted octanol–water partition coefficient (Wildman–Crippen LogP) is -3.19. The molecule has 20 nitrogen and oxygen atoms in total. The van der Waals surface area contributed by atoms with Crippen LogP contribution in [-0.2, 0) is 44.4 Å². The summed E-state index contributed by atoms with van der Waals surface area (Å²) in [7, 11) is 0. The molecule has 3 heterocycles. The molecule has 0 saturated carbocycles. The summed E-state index contributed by atoms with van der Waals surface area (Å²) in [5, 5.41) is 123. The van der Waals surface area contributed by atoms with E-state index in [9.17, 15) is 66.1 Å². The summed E-state index contributed by atoms with van der Waals surface area (Å²) >= 11 is 0. The summed E-state index contributed by atoms with van der Waals surface area (Å²) in [5.74, 6) is -2.72. The fourth-order valence-corrected chi connectivity index (χ4v) is 6.14. The summed E-state index contributed by atoms with van der Waals surface area (Å²) in [6.45, 7) is -0.242. The van der Waals surface area contributed by atoms with Crippen molar-refractivity contribution >= 4 is 12.0 Å². The van der Waals surface area contributed by atoms with Crippen LogP contribution < -0.4 is 0 Å². The summed E-state index contributed by atoms with van der Waals surface area (Å²) in [4.78, 5) is 13.3. The Balaban J connectivity index is 1.44. The van der Waals surface area contributed by atoms with Gasteiger partial charge in [0.1, 0.15) is 61.0 Å². The number of benzene rings is 2. The topological polar surface area (TPSA) is 324 Å². The van der Waals surface area contributed by atoms with E-state index in [4.69, 9.17) is 33.2 Å².